The predicted molar refractivity (Wildman–Crippen MR) is 105 cm³/mol. The Morgan fingerprint density at radius 1 is 1.11 bits per heavy atom. The normalized spacial score (nSPS) is 10.4. The number of aromatic amines is 1. The summed E-state index contributed by atoms with van der Waals surface area (Å²) in [5.74, 6) is 1.16. The van der Waals surface area contributed by atoms with E-state index in [9.17, 15) is 9.59 Å². The van der Waals surface area contributed by atoms with E-state index in [0.29, 0.717) is 30.2 Å². The van der Waals surface area contributed by atoms with Gasteiger partial charge in [0, 0.05) is 42.2 Å². The first-order valence-electron chi connectivity index (χ1n) is 8.73. The van der Waals surface area contributed by atoms with Crippen LogP contribution in [0.15, 0.2) is 59.5 Å². The number of nitrogens with zero attached hydrogens (tertiary/aromatic N) is 2. The molecule has 0 aliphatic rings. The number of carbonyl (C=O) groups excluding carboxylic acids is 1. The fourth-order valence-corrected chi connectivity index (χ4v) is 2.55. The summed E-state index contributed by atoms with van der Waals surface area (Å²) in [7, 11) is 0. The highest BCUT2D eigenvalue weighted by atomic mass is 16.1. The molecule has 0 bridgehead atoms. The Labute approximate surface area is 156 Å². The Kier molecular flexibility index (Phi) is 5.94. The first-order valence-corrected chi connectivity index (χ1v) is 8.73. The molecule has 3 aromatic rings. The molecule has 0 aliphatic heterocycles. The molecule has 1 amide bonds. The maximum absolute atomic E-state index is 11.9. The molecule has 0 radical (unpaired) electrons. The SMILES string of the molecule is Cc1cc(=O)[nH]c(-c2ccc(NCCCNC(=O)c3ccccc3)nc2)n1. The number of aryl methyl sites for hydroxylation is 1. The molecule has 2 aromatic heterocycles. The molecule has 0 fully saturated rings. The van der Waals surface area contributed by atoms with E-state index in [2.05, 4.69) is 25.6 Å². The topological polar surface area (TPSA) is 99.8 Å². The quantitative estimate of drug-likeness (QED) is 0.560. The monoisotopic (exact) mass is 363 g/mol. The maximum Gasteiger partial charge on any atom is 0.251 e. The minimum absolute atomic E-state index is 0.0716. The van der Waals surface area contributed by atoms with E-state index in [1.165, 1.54) is 6.07 Å². The van der Waals surface area contributed by atoms with Crippen LogP contribution in [0.25, 0.3) is 11.4 Å². The van der Waals surface area contributed by atoms with Crippen molar-refractivity contribution in [2.75, 3.05) is 18.4 Å². The van der Waals surface area contributed by atoms with E-state index >= 15 is 0 Å². The minimum atomic E-state index is -0.183. The second-order valence-corrected chi connectivity index (χ2v) is 6.07. The summed E-state index contributed by atoms with van der Waals surface area (Å²) in [5.41, 5.74) is 1.88. The summed E-state index contributed by atoms with van der Waals surface area (Å²) in [6, 6.07) is 14.3. The second kappa shape index (κ2) is 8.75. The van der Waals surface area contributed by atoms with Crippen LogP contribution >= 0.6 is 0 Å². The summed E-state index contributed by atoms with van der Waals surface area (Å²) in [4.78, 5) is 34.8. The number of nitrogens with one attached hydrogen (secondary N) is 3. The molecule has 0 aliphatic carbocycles. The Bertz CT molecular complexity index is 952. The Morgan fingerprint density at radius 2 is 1.93 bits per heavy atom. The number of H-pyrrole nitrogens is 1. The molecule has 138 valence electrons. The molecule has 2 heterocycles. The zero-order chi connectivity index (χ0) is 19.1. The smallest absolute Gasteiger partial charge is 0.251 e. The Balaban J connectivity index is 1.45. The molecule has 0 saturated carbocycles. The molecule has 1 aromatic carbocycles. The molecule has 7 heteroatoms. The number of hydrogen-bond acceptors (Lipinski definition) is 5. The Morgan fingerprint density at radius 3 is 2.63 bits per heavy atom. The lowest BCUT2D eigenvalue weighted by Crippen LogP contribution is -2.25. The molecular weight excluding hydrogens is 342 g/mol. The van der Waals surface area contributed by atoms with Gasteiger partial charge in [0.05, 0.1) is 0 Å². The van der Waals surface area contributed by atoms with Crippen LogP contribution in [0.5, 0.6) is 0 Å². The molecule has 3 rings (SSSR count). The van der Waals surface area contributed by atoms with Crippen LogP contribution in [0.3, 0.4) is 0 Å². The number of rotatable bonds is 7. The molecule has 0 unspecified atom stereocenters. The predicted octanol–water partition coefficient (Wildman–Crippen LogP) is 2.37. The summed E-state index contributed by atoms with van der Waals surface area (Å²) in [5, 5.41) is 6.09. The summed E-state index contributed by atoms with van der Waals surface area (Å²) in [6.45, 7) is 3.03. The lowest BCUT2D eigenvalue weighted by molar-refractivity contribution is 0.0953. The van der Waals surface area contributed by atoms with Gasteiger partial charge in [-0.25, -0.2) is 9.97 Å². The highest BCUT2D eigenvalue weighted by Crippen LogP contribution is 2.14. The third-order valence-corrected chi connectivity index (χ3v) is 3.89. The van der Waals surface area contributed by atoms with Crippen LogP contribution in [0.1, 0.15) is 22.5 Å². The van der Waals surface area contributed by atoms with Gasteiger partial charge < -0.3 is 15.6 Å². The number of carbonyl (C=O) groups is 1. The number of pyridine rings is 1. The number of hydrogen-bond donors (Lipinski definition) is 3. The molecule has 0 spiro atoms. The standard InChI is InChI=1S/C20H21N5O2/c1-14-12-18(26)25-19(24-14)16-8-9-17(23-13-16)21-10-5-11-22-20(27)15-6-3-2-4-7-15/h2-4,6-9,12-13H,5,10-11H2,1H3,(H,21,23)(H,22,27)(H,24,25,26). The van der Waals surface area contributed by atoms with Crippen LogP contribution < -0.4 is 16.2 Å². The summed E-state index contributed by atoms with van der Waals surface area (Å²) in [6.07, 6.45) is 2.44. The number of benzene rings is 1. The Hall–Kier alpha value is -3.48. The first kappa shape index (κ1) is 18.3. The van der Waals surface area contributed by atoms with Crippen LogP contribution in [0, 0.1) is 6.92 Å². The summed E-state index contributed by atoms with van der Waals surface area (Å²) >= 11 is 0. The number of amides is 1. The van der Waals surface area contributed by atoms with Crippen LogP contribution in [-0.4, -0.2) is 33.9 Å². The fourth-order valence-electron chi connectivity index (χ4n) is 2.55. The highest BCUT2D eigenvalue weighted by Gasteiger charge is 2.04. The number of anilines is 1. The van der Waals surface area contributed by atoms with Crippen molar-refractivity contribution in [1.29, 1.82) is 0 Å². The third kappa shape index (κ3) is 5.24. The first-order chi connectivity index (χ1) is 13.1. The van der Waals surface area contributed by atoms with Crippen molar-refractivity contribution in [3.63, 3.8) is 0 Å². The molecule has 27 heavy (non-hydrogen) atoms. The zero-order valence-electron chi connectivity index (χ0n) is 15.0. The number of aromatic nitrogens is 3. The van der Waals surface area contributed by atoms with Crippen molar-refractivity contribution in [3.8, 4) is 11.4 Å². The van der Waals surface area contributed by atoms with Crippen molar-refractivity contribution in [2.24, 2.45) is 0 Å². The second-order valence-electron chi connectivity index (χ2n) is 6.07. The van der Waals surface area contributed by atoms with Gasteiger partial charge in [0.25, 0.3) is 11.5 Å². The average molecular weight is 363 g/mol. The largest absolute Gasteiger partial charge is 0.370 e. The van der Waals surface area contributed by atoms with E-state index in [0.717, 1.165) is 17.8 Å². The van der Waals surface area contributed by atoms with Crippen molar-refractivity contribution in [3.05, 3.63) is 76.3 Å². The minimum Gasteiger partial charge on any atom is -0.370 e. The molecular formula is C20H21N5O2. The van der Waals surface area contributed by atoms with Gasteiger partial charge in [-0.1, -0.05) is 18.2 Å². The molecule has 0 atom stereocenters. The van der Waals surface area contributed by atoms with Crippen molar-refractivity contribution >= 4 is 11.7 Å². The van der Waals surface area contributed by atoms with Crippen molar-refractivity contribution < 1.29 is 4.79 Å². The maximum atomic E-state index is 11.9. The van der Waals surface area contributed by atoms with Gasteiger partial charge >= 0.3 is 0 Å². The van der Waals surface area contributed by atoms with E-state index in [4.69, 9.17) is 0 Å². The zero-order valence-corrected chi connectivity index (χ0v) is 15.0. The van der Waals surface area contributed by atoms with Gasteiger partial charge in [0.1, 0.15) is 11.6 Å². The van der Waals surface area contributed by atoms with Crippen molar-refractivity contribution in [1.82, 2.24) is 20.3 Å². The van der Waals surface area contributed by atoms with Gasteiger partial charge in [0.2, 0.25) is 0 Å². The van der Waals surface area contributed by atoms with Crippen molar-refractivity contribution in [2.45, 2.75) is 13.3 Å². The van der Waals surface area contributed by atoms with Gasteiger partial charge in [-0.05, 0) is 37.6 Å². The van der Waals surface area contributed by atoms with Gasteiger partial charge in [-0.2, -0.15) is 0 Å². The fraction of sp³-hybridized carbons (Fsp3) is 0.200. The van der Waals surface area contributed by atoms with Crippen LogP contribution in [0.4, 0.5) is 5.82 Å². The molecule has 3 N–H and O–H groups in total. The van der Waals surface area contributed by atoms with E-state index in [1.54, 1.807) is 25.3 Å². The van der Waals surface area contributed by atoms with E-state index < -0.39 is 0 Å². The lowest BCUT2D eigenvalue weighted by atomic mass is 10.2. The van der Waals surface area contributed by atoms with Gasteiger partial charge in [-0.3, -0.25) is 9.59 Å². The van der Waals surface area contributed by atoms with Gasteiger partial charge in [0.15, 0.2) is 0 Å². The van der Waals surface area contributed by atoms with E-state index in [-0.39, 0.29) is 11.5 Å². The molecule has 7 nitrogen and oxygen atoms in total. The van der Waals surface area contributed by atoms with E-state index in [1.807, 2.05) is 30.3 Å². The summed E-state index contributed by atoms with van der Waals surface area (Å²) < 4.78 is 0. The highest BCUT2D eigenvalue weighted by molar-refractivity contribution is 5.94. The lowest BCUT2D eigenvalue weighted by Gasteiger charge is -2.08. The van der Waals surface area contributed by atoms with Crippen LogP contribution in [-0.2, 0) is 0 Å². The van der Waals surface area contributed by atoms with Gasteiger partial charge in [-0.15, -0.1) is 0 Å². The average Bonchev–Trinajstić information content (AvgIpc) is 2.68. The van der Waals surface area contributed by atoms with Crippen LogP contribution in [0.2, 0.25) is 0 Å². The molecule has 0 saturated heterocycles. The third-order valence-electron chi connectivity index (χ3n) is 3.89.